The Labute approximate surface area is 137 Å². The molecule has 1 aliphatic rings. The summed E-state index contributed by atoms with van der Waals surface area (Å²) in [6.07, 6.45) is 9.39. The molecule has 1 N–H and O–H groups in total. The monoisotopic (exact) mass is 325 g/mol. The molecule has 1 aromatic carbocycles. The Hall–Kier alpha value is -0.670. The average molecular weight is 326 g/mol. The van der Waals surface area contributed by atoms with Crippen LogP contribution in [0.4, 0.5) is 0 Å². The lowest BCUT2D eigenvalue weighted by Crippen LogP contribution is -2.35. The number of halogens is 1. The first kappa shape index (κ1) is 16.7. The lowest BCUT2D eigenvalue weighted by atomic mass is 9.97. The summed E-state index contributed by atoms with van der Waals surface area (Å²) in [5.41, 5.74) is 0. The van der Waals surface area contributed by atoms with Crippen LogP contribution in [0.3, 0.4) is 0 Å². The highest BCUT2D eigenvalue weighted by Gasteiger charge is 2.13. The van der Waals surface area contributed by atoms with Gasteiger partial charge in [-0.15, -0.1) is 11.8 Å². The van der Waals surface area contributed by atoms with Gasteiger partial charge in [-0.2, -0.15) is 0 Å². The standard InChI is InChI=1S/C17H24ClNOS/c18-14-8-10-16(11-9-14)21-13-12-17(20)19-15-6-4-2-1-3-5-7-15/h8-11,15H,1-7,12-13H2,(H,19,20). The molecule has 2 rings (SSSR count). The summed E-state index contributed by atoms with van der Waals surface area (Å²) >= 11 is 7.56. The maximum atomic E-state index is 12.0. The van der Waals surface area contributed by atoms with E-state index < -0.39 is 0 Å². The molecule has 0 aromatic heterocycles. The van der Waals surface area contributed by atoms with Gasteiger partial charge >= 0.3 is 0 Å². The Kier molecular flexibility index (Phi) is 7.45. The predicted molar refractivity (Wildman–Crippen MR) is 91.0 cm³/mol. The molecule has 0 unspecified atom stereocenters. The lowest BCUT2D eigenvalue weighted by molar-refractivity contribution is -0.121. The Bertz CT molecular complexity index is 427. The molecule has 1 fully saturated rings. The quantitative estimate of drug-likeness (QED) is 0.767. The highest BCUT2D eigenvalue weighted by Crippen LogP contribution is 2.21. The van der Waals surface area contributed by atoms with Gasteiger partial charge < -0.3 is 5.32 Å². The van der Waals surface area contributed by atoms with E-state index >= 15 is 0 Å². The van der Waals surface area contributed by atoms with Gasteiger partial charge in [0.15, 0.2) is 0 Å². The number of rotatable bonds is 5. The summed E-state index contributed by atoms with van der Waals surface area (Å²) in [7, 11) is 0. The molecule has 21 heavy (non-hydrogen) atoms. The second-order valence-electron chi connectivity index (χ2n) is 5.66. The van der Waals surface area contributed by atoms with Gasteiger partial charge in [-0.25, -0.2) is 0 Å². The fraction of sp³-hybridized carbons (Fsp3) is 0.588. The van der Waals surface area contributed by atoms with Crippen LogP contribution in [0, 0.1) is 0 Å². The van der Waals surface area contributed by atoms with Crippen molar-refractivity contribution in [2.45, 2.75) is 62.3 Å². The van der Waals surface area contributed by atoms with Gasteiger partial charge in [-0.1, -0.05) is 43.7 Å². The number of thioether (sulfide) groups is 1. The molecule has 2 nitrogen and oxygen atoms in total. The molecule has 0 bridgehead atoms. The van der Waals surface area contributed by atoms with Crippen molar-refractivity contribution in [2.24, 2.45) is 0 Å². The molecule has 1 aromatic rings. The molecule has 1 saturated carbocycles. The van der Waals surface area contributed by atoms with Gasteiger partial charge in [0.2, 0.25) is 5.91 Å². The molecule has 0 atom stereocenters. The van der Waals surface area contributed by atoms with E-state index in [1.165, 1.54) is 32.1 Å². The maximum Gasteiger partial charge on any atom is 0.221 e. The van der Waals surface area contributed by atoms with Crippen molar-refractivity contribution in [1.29, 1.82) is 0 Å². The lowest BCUT2D eigenvalue weighted by Gasteiger charge is -2.21. The van der Waals surface area contributed by atoms with Gasteiger partial charge in [-0.05, 0) is 37.1 Å². The molecule has 1 aliphatic carbocycles. The second-order valence-corrected chi connectivity index (χ2v) is 7.27. The first-order valence-electron chi connectivity index (χ1n) is 7.92. The van der Waals surface area contributed by atoms with Crippen LogP contribution in [0.1, 0.15) is 51.4 Å². The summed E-state index contributed by atoms with van der Waals surface area (Å²) in [6.45, 7) is 0. The number of benzene rings is 1. The zero-order valence-electron chi connectivity index (χ0n) is 12.4. The van der Waals surface area contributed by atoms with E-state index in [1.54, 1.807) is 11.8 Å². The minimum absolute atomic E-state index is 0.196. The minimum atomic E-state index is 0.196. The van der Waals surface area contributed by atoms with Crippen LogP contribution in [-0.2, 0) is 4.79 Å². The SMILES string of the molecule is O=C(CCSc1ccc(Cl)cc1)NC1CCCCCCC1. The fourth-order valence-corrected chi connectivity index (χ4v) is 3.67. The van der Waals surface area contributed by atoms with Crippen molar-refractivity contribution in [2.75, 3.05) is 5.75 Å². The third kappa shape index (κ3) is 6.75. The first-order chi connectivity index (χ1) is 10.2. The summed E-state index contributed by atoms with van der Waals surface area (Å²) in [6, 6.07) is 8.18. The molecule has 0 heterocycles. The van der Waals surface area contributed by atoms with Crippen molar-refractivity contribution in [3.05, 3.63) is 29.3 Å². The highest BCUT2D eigenvalue weighted by molar-refractivity contribution is 7.99. The van der Waals surface area contributed by atoms with E-state index in [2.05, 4.69) is 5.32 Å². The summed E-state index contributed by atoms with van der Waals surface area (Å²) < 4.78 is 0. The second kappa shape index (κ2) is 9.37. The van der Waals surface area contributed by atoms with Crippen LogP contribution in [-0.4, -0.2) is 17.7 Å². The number of hydrogen-bond acceptors (Lipinski definition) is 2. The first-order valence-corrected chi connectivity index (χ1v) is 9.28. The summed E-state index contributed by atoms with van der Waals surface area (Å²) in [5, 5.41) is 3.96. The molecule has 4 heteroatoms. The molecule has 116 valence electrons. The third-order valence-corrected chi connectivity index (χ3v) is 5.15. The molecule has 1 amide bonds. The van der Waals surface area contributed by atoms with Crippen LogP contribution >= 0.6 is 23.4 Å². The zero-order valence-corrected chi connectivity index (χ0v) is 14.0. The van der Waals surface area contributed by atoms with Crippen LogP contribution in [0.2, 0.25) is 5.02 Å². The number of hydrogen-bond donors (Lipinski definition) is 1. The molecular weight excluding hydrogens is 302 g/mol. The van der Waals surface area contributed by atoms with E-state index in [0.29, 0.717) is 12.5 Å². The van der Waals surface area contributed by atoms with Gasteiger partial charge in [0, 0.05) is 28.1 Å². The van der Waals surface area contributed by atoms with Gasteiger partial charge in [0.25, 0.3) is 0 Å². The van der Waals surface area contributed by atoms with E-state index in [1.807, 2.05) is 24.3 Å². The van der Waals surface area contributed by atoms with Crippen molar-refractivity contribution in [3.63, 3.8) is 0 Å². The predicted octanol–water partition coefficient (Wildman–Crippen LogP) is 5.05. The zero-order chi connectivity index (χ0) is 14.9. The average Bonchev–Trinajstić information content (AvgIpc) is 2.44. The van der Waals surface area contributed by atoms with Crippen molar-refractivity contribution in [1.82, 2.24) is 5.32 Å². The van der Waals surface area contributed by atoms with E-state index in [9.17, 15) is 4.79 Å². The Morgan fingerprint density at radius 3 is 2.38 bits per heavy atom. The van der Waals surface area contributed by atoms with Gasteiger partial charge in [-0.3, -0.25) is 4.79 Å². The molecule has 0 aliphatic heterocycles. The van der Waals surface area contributed by atoms with Crippen LogP contribution in [0.25, 0.3) is 0 Å². The summed E-state index contributed by atoms with van der Waals surface area (Å²) in [5.74, 6) is 1.02. The fourth-order valence-electron chi connectivity index (χ4n) is 2.69. The molecular formula is C17H24ClNOS. The number of nitrogens with one attached hydrogen (secondary N) is 1. The maximum absolute atomic E-state index is 12.0. The van der Waals surface area contributed by atoms with Crippen LogP contribution < -0.4 is 5.32 Å². The molecule has 0 spiro atoms. The molecule has 0 saturated heterocycles. The van der Waals surface area contributed by atoms with E-state index in [0.717, 1.165) is 28.5 Å². The number of carbonyl (C=O) groups is 1. The Morgan fingerprint density at radius 1 is 1.10 bits per heavy atom. The molecule has 0 radical (unpaired) electrons. The van der Waals surface area contributed by atoms with Crippen molar-refractivity contribution in [3.8, 4) is 0 Å². The smallest absolute Gasteiger partial charge is 0.221 e. The normalized spacial score (nSPS) is 17.0. The van der Waals surface area contributed by atoms with Crippen molar-refractivity contribution < 1.29 is 4.79 Å². The summed E-state index contributed by atoms with van der Waals surface area (Å²) in [4.78, 5) is 13.2. The topological polar surface area (TPSA) is 29.1 Å². The number of carbonyl (C=O) groups excluding carboxylic acids is 1. The Morgan fingerprint density at radius 2 is 1.71 bits per heavy atom. The van der Waals surface area contributed by atoms with Crippen LogP contribution in [0.15, 0.2) is 29.2 Å². The van der Waals surface area contributed by atoms with Gasteiger partial charge in [0.1, 0.15) is 0 Å². The highest BCUT2D eigenvalue weighted by atomic mass is 35.5. The largest absolute Gasteiger partial charge is 0.353 e. The van der Waals surface area contributed by atoms with Crippen LogP contribution in [0.5, 0.6) is 0 Å². The third-order valence-electron chi connectivity index (χ3n) is 3.88. The number of amides is 1. The van der Waals surface area contributed by atoms with E-state index in [-0.39, 0.29) is 5.91 Å². The van der Waals surface area contributed by atoms with Crippen molar-refractivity contribution >= 4 is 29.3 Å². The van der Waals surface area contributed by atoms with Gasteiger partial charge in [0.05, 0.1) is 0 Å². The minimum Gasteiger partial charge on any atom is -0.353 e. The Balaban J connectivity index is 1.65. The van der Waals surface area contributed by atoms with E-state index in [4.69, 9.17) is 11.6 Å².